The van der Waals surface area contributed by atoms with Gasteiger partial charge >= 0.3 is 0 Å². The van der Waals surface area contributed by atoms with Gasteiger partial charge in [0, 0.05) is 22.2 Å². The molecule has 0 saturated carbocycles. The lowest BCUT2D eigenvalue weighted by Crippen LogP contribution is -2.12. The number of halogens is 2. The third kappa shape index (κ3) is 2.55. The number of fused-ring (bicyclic) bond motifs is 1. The van der Waals surface area contributed by atoms with Crippen molar-refractivity contribution in [1.29, 1.82) is 0 Å². The fourth-order valence-corrected chi connectivity index (χ4v) is 3.16. The molecule has 0 aliphatic carbocycles. The van der Waals surface area contributed by atoms with Crippen molar-refractivity contribution in [2.75, 3.05) is 11.1 Å². The first-order chi connectivity index (χ1) is 10.5. The zero-order chi connectivity index (χ0) is 15.9. The van der Waals surface area contributed by atoms with Crippen molar-refractivity contribution in [1.82, 2.24) is 9.38 Å². The third-order valence-electron chi connectivity index (χ3n) is 3.37. The van der Waals surface area contributed by atoms with Crippen LogP contribution in [0, 0.1) is 0 Å². The lowest BCUT2D eigenvalue weighted by atomic mass is 10.1. The first-order valence-electron chi connectivity index (χ1n) is 6.96. The number of imidazole rings is 1. The van der Waals surface area contributed by atoms with E-state index in [-0.39, 0.29) is 6.04 Å². The van der Waals surface area contributed by atoms with Crippen molar-refractivity contribution in [2.45, 2.75) is 19.9 Å². The Morgan fingerprint density at radius 3 is 2.68 bits per heavy atom. The summed E-state index contributed by atoms with van der Waals surface area (Å²) in [5, 5.41) is 4.08. The molecule has 0 aliphatic rings. The minimum Gasteiger partial charge on any atom is -0.384 e. The number of hydrogen-bond acceptors (Lipinski definition) is 3. The third-order valence-corrected chi connectivity index (χ3v) is 4.26. The van der Waals surface area contributed by atoms with E-state index >= 15 is 0 Å². The van der Waals surface area contributed by atoms with Gasteiger partial charge in [-0.3, -0.25) is 4.40 Å². The van der Waals surface area contributed by atoms with Crippen molar-refractivity contribution >= 4 is 44.7 Å². The summed E-state index contributed by atoms with van der Waals surface area (Å²) in [6.07, 6.45) is 1.74. The molecule has 0 bridgehead atoms. The maximum atomic E-state index is 6.37. The number of aromatic nitrogens is 2. The van der Waals surface area contributed by atoms with Gasteiger partial charge in [-0.05, 0) is 41.9 Å². The highest BCUT2D eigenvalue weighted by Gasteiger charge is 2.16. The van der Waals surface area contributed by atoms with Crippen LogP contribution in [0.2, 0.25) is 5.02 Å². The molecule has 0 aliphatic heterocycles. The fourth-order valence-electron chi connectivity index (χ4n) is 2.47. The number of nitrogen functional groups attached to an aromatic ring is 1. The minimum atomic E-state index is 0.280. The SMILES string of the molecule is CC(C)Nc1cc(-c2ccccc2Cl)c(N)n2c(Br)cnc12. The van der Waals surface area contributed by atoms with E-state index in [0.29, 0.717) is 10.8 Å². The van der Waals surface area contributed by atoms with E-state index in [1.807, 2.05) is 34.7 Å². The van der Waals surface area contributed by atoms with Crippen LogP contribution >= 0.6 is 27.5 Å². The van der Waals surface area contributed by atoms with Gasteiger partial charge < -0.3 is 11.1 Å². The van der Waals surface area contributed by atoms with Crippen LogP contribution in [-0.2, 0) is 0 Å². The monoisotopic (exact) mass is 378 g/mol. The van der Waals surface area contributed by atoms with Gasteiger partial charge in [0.15, 0.2) is 5.65 Å². The summed E-state index contributed by atoms with van der Waals surface area (Å²) in [5.41, 5.74) is 9.85. The van der Waals surface area contributed by atoms with E-state index in [2.05, 4.69) is 40.1 Å². The molecule has 4 nitrogen and oxygen atoms in total. The molecule has 3 aromatic rings. The van der Waals surface area contributed by atoms with Crippen molar-refractivity contribution < 1.29 is 0 Å². The van der Waals surface area contributed by atoms with Crippen LogP contribution in [0.15, 0.2) is 41.1 Å². The van der Waals surface area contributed by atoms with Crippen molar-refractivity contribution in [2.24, 2.45) is 0 Å². The van der Waals surface area contributed by atoms with Crippen LogP contribution in [0.1, 0.15) is 13.8 Å². The largest absolute Gasteiger partial charge is 0.384 e. The predicted molar refractivity (Wildman–Crippen MR) is 96.5 cm³/mol. The second-order valence-electron chi connectivity index (χ2n) is 5.38. The van der Waals surface area contributed by atoms with Gasteiger partial charge in [0.05, 0.1) is 11.9 Å². The van der Waals surface area contributed by atoms with Gasteiger partial charge in [0.25, 0.3) is 0 Å². The highest BCUT2D eigenvalue weighted by molar-refractivity contribution is 9.10. The molecule has 3 rings (SSSR count). The molecule has 0 saturated heterocycles. The number of nitrogens with zero attached hydrogens (tertiary/aromatic N) is 2. The number of nitrogens with two attached hydrogens (primary N) is 1. The first-order valence-corrected chi connectivity index (χ1v) is 8.13. The predicted octanol–water partition coefficient (Wildman–Crippen LogP) is 4.82. The Bertz CT molecular complexity index is 842. The maximum Gasteiger partial charge on any atom is 0.162 e. The summed E-state index contributed by atoms with van der Waals surface area (Å²) < 4.78 is 2.68. The van der Waals surface area contributed by atoms with Gasteiger partial charge in [0.1, 0.15) is 10.4 Å². The van der Waals surface area contributed by atoms with E-state index in [0.717, 1.165) is 27.1 Å². The van der Waals surface area contributed by atoms with Gasteiger partial charge in [-0.2, -0.15) is 0 Å². The number of hydrogen-bond donors (Lipinski definition) is 2. The highest BCUT2D eigenvalue weighted by Crippen LogP contribution is 2.37. The van der Waals surface area contributed by atoms with Crippen molar-refractivity contribution in [3.05, 3.63) is 46.2 Å². The van der Waals surface area contributed by atoms with E-state index in [4.69, 9.17) is 17.3 Å². The molecular weight excluding hydrogens is 364 g/mol. The quantitative estimate of drug-likeness (QED) is 0.686. The molecule has 0 radical (unpaired) electrons. The summed E-state index contributed by atoms with van der Waals surface area (Å²) in [6, 6.07) is 9.96. The number of benzene rings is 1. The molecule has 6 heteroatoms. The van der Waals surface area contributed by atoms with Gasteiger partial charge in [-0.25, -0.2) is 4.98 Å². The summed E-state index contributed by atoms with van der Waals surface area (Å²) >= 11 is 9.84. The van der Waals surface area contributed by atoms with Crippen LogP contribution in [0.25, 0.3) is 16.8 Å². The Labute approximate surface area is 142 Å². The molecule has 22 heavy (non-hydrogen) atoms. The second kappa shape index (κ2) is 5.82. The van der Waals surface area contributed by atoms with Crippen LogP contribution in [0.5, 0.6) is 0 Å². The highest BCUT2D eigenvalue weighted by atomic mass is 79.9. The van der Waals surface area contributed by atoms with Crippen LogP contribution in [0.4, 0.5) is 11.5 Å². The molecule has 114 valence electrons. The zero-order valence-corrected chi connectivity index (χ0v) is 14.6. The summed E-state index contributed by atoms with van der Waals surface area (Å²) in [7, 11) is 0. The molecule has 0 unspecified atom stereocenters. The van der Waals surface area contributed by atoms with Gasteiger partial charge in [0.2, 0.25) is 0 Å². The molecule has 3 N–H and O–H groups in total. The van der Waals surface area contributed by atoms with Gasteiger partial charge in [-0.1, -0.05) is 29.8 Å². The van der Waals surface area contributed by atoms with Crippen molar-refractivity contribution in [3.63, 3.8) is 0 Å². The molecule has 0 fully saturated rings. The lowest BCUT2D eigenvalue weighted by Gasteiger charge is -2.17. The van der Waals surface area contributed by atoms with Crippen molar-refractivity contribution in [3.8, 4) is 11.1 Å². The molecule has 1 aromatic carbocycles. The summed E-state index contributed by atoms with van der Waals surface area (Å²) in [6.45, 7) is 4.17. The molecule has 0 spiro atoms. The first kappa shape index (κ1) is 15.2. The molecule has 0 amide bonds. The molecular formula is C16H16BrClN4. The average Bonchev–Trinajstić information content (AvgIpc) is 2.85. The fraction of sp³-hybridized carbons (Fsp3) is 0.188. The summed E-state index contributed by atoms with van der Waals surface area (Å²) in [5.74, 6) is 0.599. The number of pyridine rings is 1. The van der Waals surface area contributed by atoms with E-state index in [1.165, 1.54) is 0 Å². The standard InChI is InChI=1S/C16H16BrClN4/c1-9(2)21-13-7-11(10-5-3-4-6-12(10)18)15(19)22-14(17)8-20-16(13)22/h3-9,21H,19H2,1-2H3. The van der Waals surface area contributed by atoms with Crippen LogP contribution < -0.4 is 11.1 Å². The van der Waals surface area contributed by atoms with E-state index < -0.39 is 0 Å². The molecule has 2 heterocycles. The number of nitrogens with one attached hydrogen (secondary N) is 1. The Morgan fingerprint density at radius 2 is 2.00 bits per heavy atom. The number of anilines is 2. The minimum absolute atomic E-state index is 0.280. The Hall–Kier alpha value is -1.72. The average molecular weight is 380 g/mol. The van der Waals surface area contributed by atoms with Crippen LogP contribution in [0.3, 0.4) is 0 Å². The van der Waals surface area contributed by atoms with E-state index in [9.17, 15) is 0 Å². The zero-order valence-electron chi connectivity index (χ0n) is 12.3. The van der Waals surface area contributed by atoms with Crippen LogP contribution in [-0.4, -0.2) is 15.4 Å². The Morgan fingerprint density at radius 1 is 1.27 bits per heavy atom. The smallest absolute Gasteiger partial charge is 0.162 e. The second-order valence-corrected chi connectivity index (χ2v) is 6.60. The molecule has 0 atom stereocenters. The topological polar surface area (TPSA) is 55.3 Å². The summed E-state index contributed by atoms with van der Waals surface area (Å²) in [4.78, 5) is 4.43. The van der Waals surface area contributed by atoms with Gasteiger partial charge in [-0.15, -0.1) is 0 Å². The Kier molecular flexibility index (Phi) is 4.02. The maximum absolute atomic E-state index is 6.37. The lowest BCUT2D eigenvalue weighted by molar-refractivity contribution is 0.899. The van der Waals surface area contributed by atoms with E-state index in [1.54, 1.807) is 6.20 Å². The number of rotatable bonds is 3. The Balaban J connectivity index is 2.33. The normalized spacial score (nSPS) is 11.3. The molecule has 2 aromatic heterocycles.